The fraction of sp³-hybridized carbons (Fsp3) is 0.707. The molecule has 3 unspecified atom stereocenters. The number of nitrogens with one attached hydrogen (secondary N) is 1. The SMILES string of the molecule is C=C(C)[C@@H]1CC[C@]2(C(=O)NCCN(C)C)CC[C@]3(C)[C@H](CCC4[C@@]5(C)CC=C(c6cc(F)c(C(=O)O)c(F)c6)C(C)(C)C5CC[C@]43C)C12. The van der Waals surface area contributed by atoms with Gasteiger partial charge >= 0.3 is 5.97 Å². The van der Waals surface area contributed by atoms with Gasteiger partial charge < -0.3 is 15.3 Å². The first kappa shape index (κ1) is 35.3. The number of carboxylic acids is 1. The third kappa shape index (κ3) is 4.90. The van der Waals surface area contributed by atoms with Crippen LogP contribution in [0.25, 0.3) is 5.57 Å². The molecule has 9 atom stereocenters. The fourth-order valence-corrected chi connectivity index (χ4v) is 13.1. The van der Waals surface area contributed by atoms with E-state index in [1.807, 2.05) is 14.1 Å². The molecule has 7 heteroatoms. The highest BCUT2D eigenvalue weighted by atomic mass is 19.1. The molecule has 4 saturated carbocycles. The van der Waals surface area contributed by atoms with E-state index >= 15 is 0 Å². The van der Waals surface area contributed by atoms with Crippen molar-refractivity contribution in [2.75, 3.05) is 27.2 Å². The molecule has 0 spiro atoms. The molecule has 5 aliphatic carbocycles. The molecule has 0 radical (unpaired) electrons. The monoisotopic (exact) mass is 664 g/mol. The number of fused-ring (bicyclic) bond motifs is 7. The van der Waals surface area contributed by atoms with Gasteiger partial charge in [0.2, 0.25) is 5.91 Å². The lowest BCUT2D eigenvalue weighted by molar-refractivity contribution is -0.225. The summed E-state index contributed by atoms with van der Waals surface area (Å²) < 4.78 is 29.8. The van der Waals surface area contributed by atoms with Gasteiger partial charge in [-0.25, -0.2) is 13.6 Å². The van der Waals surface area contributed by atoms with Gasteiger partial charge in [0, 0.05) is 13.1 Å². The molecule has 1 amide bonds. The van der Waals surface area contributed by atoms with Crippen LogP contribution in [0.15, 0.2) is 30.4 Å². The van der Waals surface area contributed by atoms with E-state index in [-0.39, 0.29) is 33.0 Å². The number of allylic oxidation sites excluding steroid dienone is 3. The number of carbonyl (C=O) groups excluding carboxylic acids is 1. The van der Waals surface area contributed by atoms with Crippen molar-refractivity contribution < 1.29 is 23.5 Å². The zero-order valence-electron chi connectivity index (χ0n) is 30.6. The average molecular weight is 665 g/mol. The van der Waals surface area contributed by atoms with Crippen molar-refractivity contribution in [3.8, 4) is 0 Å². The number of hydrogen-bond donors (Lipinski definition) is 2. The quantitative estimate of drug-likeness (QED) is 0.286. The number of halogens is 2. The maximum atomic E-state index is 14.9. The number of likely N-dealkylation sites (N-methyl/N-ethyl adjacent to an activating group) is 1. The molecule has 4 fully saturated rings. The number of carbonyl (C=O) groups is 2. The number of rotatable bonds is 7. The highest BCUT2D eigenvalue weighted by Gasteiger charge is 2.71. The van der Waals surface area contributed by atoms with Crippen LogP contribution in [-0.2, 0) is 4.79 Å². The van der Waals surface area contributed by atoms with Crippen molar-refractivity contribution in [2.45, 2.75) is 99.3 Å². The predicted octanol–water partition coefficient (Wildman–Crippen LogP) is 8.99. The highest BCUT2D eigenvalue weighted by Crippen LogP contribution is 2.77. The average Bonchev–Trinajstić information content (AvgIpc) is 3.38. The summed E-state index contributed by atoms with van der Waals surface area (Å²) in [5.74, 6) is -1.44. The van der Waals surface area contributed by atoms with Gasteiger partial charge in [0.05, 0.1) is 5.41 Å². The van der Waals surface area contributed by atoms with Gasteiger partial charge in [-0.3, -0.25) is 4.79 Å². The zero-order valence-corrected chi connectivity index (χ0v) is 30.6. The van der Waals surface area contributed by atoms with E-state index in [2.05, 4.69) is 64.4 Å². The van der Waals surface area contributed by atoms with E-state index in [9.17, 15) is 23.5 Å². The summed E-state index contributed by atoms with van der Waals surface area (Å²) in [7, 11) is 4.09. The molecule has 1 aromatic carbocycles. The minimum atomic E-state index is -1.59. The Kier molecular flexibility index (Phi) is 8.66. The largest absolute Gasteiger partial charge is 0.477 e. The normalized spacial score (nSPS) is 39.8. The Morgan fingerprint density at radius 2 is 1.60 bits per heavy atom. The van der Waals surface area contributed by atoms with Gasteiger partial charge in [-0.05, 0) is 153 Å². The van der Waals surface area contributed by atoms with Crippen LogP contribution >= 0.6 is 0 Å². The Balaban J connectivity index is 1.34. The molecule has 0 bridgehead atoms. The molecular weight excluding hydrogens is 606 g/mol. The van der Waals surface area contributed by atoms with E-state index in [0.717, 1.165) is 69.9 Å². The third-order valence-corrected chi connectivity index (χ3v) is 15.5. The zero-order chi connectivity index (χ0) is 35.2. The van der Waals surface area contributed by atoms with Gasteiger partial charge in [0.15, 0.2) is 0 Å². The molecule has 0 aliphatic heterocycles. The summed E-state index contributed by atoms with van der Waals surface area (Å²) in [6.45, 7) is 20.2. The second-order valence-electron chi connectivity index (χ2n) is 18.1. The Morgan fingerprint density at radius 1 is 0.938 bits per heavy atom. The van der Waals surface area contributed by atoms with Crippen molar-refractivity contribution in [3.05, 3.63) is 53.1 Å². The van der Waals surface area contributed by atoms with Crippen molar-refractivity contribution in [3.63, 3.8) is 0 Å². The smallest absolute Gasteiger partial charge is 0.341 e. The van der Waals surface area contributed by atoms with Crippen molar-refractivity contribution >= 4 is 17.4 Å². The van der Waals surface area contributed by atoms with Crippen LogP contribution in [0.5, 0.6) is 0 Å². The molecule has 5 aliphatic rings. The van der Waals surface area contributed by atoms with Crippen LogP contribution in [0, 0.1) is 68.3 Å². The summed E-state index contributed by atoms with van der Waals surface area (Å²) in [5, 5.41) is 12.7. The van der Waals surface area contributed by atoms with Crippen molar-refractivity contribution in [1.82, 2.24) is 10.2 Å². The Hall–Kier alpha value is -2.54. The van der Waals surface area contributed by atoms with E-state index in [0.29, 0.717) is 41.7 Å². The molecule has 48 heavy (non-hydrogen) atoms. The minimum Gasteiger partial charge on any atom is -0.477 e. The van der Waals surface area contributed by atoms with Crippen molar-refractivity contribution in [2.24, 2.45) is 56.7 Å². The number of aromatic carboxylic acids is 1. The number of hydrogen-bond acceptors (Lipinski definition) is 3. The predicted molar refractivity (Wildman–Crippen MR) is 187 cm³/mol. The number of amides is 1. The first-order valence-electron chi connectivity index (χ1n) is 18.4. The molecule has 1 aromatic rings. The molecule has 6 rings (SSSR count). The van der Waals surface area contributed by atoms with E-state index < -0.39 is 23.2 Å². The van der Waals surface area contributed by atoms with Crippen LogP contribution in [0.1, 0.15) is 115 Å². The maximum Gasteiger partial charge on any atom is 0.341 e. The maximum absolute atomic E-state index is 14.9. The van der Waals surface area contributed by atoms with Gasteiger partial charge in [-0.1, -0.05) is 52.8 Å². The summed E-state index contributed by atoms with van der Waals surface area (Å²) in [5.41, 5.74) is 1.22. The summed E-state index contributed by atoms with van der Waals surface area (Å²) in [6.07, 6.45) is 11.4. The first-order chi connectivity index (χ1) is 22.3. The molecule has 5 nitrogen and oxygen atoms in total. The Labute approximate surface area is 287 Å². The second-order valence-corrected chi connectivity index (χ2v) is 18.1. The lowest BCUT2D eigenvalue weighted by Gasteiger charge is -2.72. The molecular formula is C41H58F2N2O3. The number of nitrogens with zero attached hydrogens (tertiary/aromatic N) is 1. The number of benzene rings is 1. The summed E-state index contributed by atoms with van der Waals surface area (Å²) in [6, 6.07) is 2.43. The Bertz CT molecular complexity index is 1530. The van der Waals surface area contributed by atoms with Gasteiger partial charge in [0.25, 0.3) is 0 Å². The van der Waals surface area contributed by atoms with Crippen LogP contribution in [-0.4, -0.2) is 49.1 Å². The number of carboxylic acid groups (broad SMARTS) is 1. The van der Waals surface area contributed by atoms with Gasteiger partial charge in [-0.15, -0.1) is 0 Å². The van der Waals surface area contributed by atoms with Gasteiger partial charge in [-0.2, -0.15) is 0 Å². The lowest BCUT2D eigenvalue weighted by Crippen LogP contribution is -2.66. The summed E-state index contributed by atoms with van der Waals surface area (Å²) >= 11 is 0. The van der Waals surface area contributed by atoms with Crippen molar-refractivity contribution in [1.29, 1.82) is 0 Å². The van der Waals surface area contributed by atoms with E-state index in [1.54, 1.807) is 0 Å². The molecule has 0 saturated heterocycles. The molecule has 0 aromatic heterocycles. The summed E-state index contributed by atoms with van der Waals surface area (Å²) in [4.78, 5) is 27.8. The third-order valence-electron chi connectivity index (χ3n) is 15.5. The lowest BCUT2D eigenvalue weighted by atomic mass is 9.32. The standard InChI is InChI=1S/C41H58F2N2O3/c1-24(2)26-12-17-41(36(48)44-20-21-45(8)9)19-18-39(6)28(34(26)41)10-11-32-38(5)15-13-27(37(3,4)31(38)14-16-40(32,39)7)25-22-29(42)33(35(46)47)30(43)23-25/h13,22-23,26,28,31-32,34H,1,10-12,14-21H2,2-9H3,(H,44,48)(H,46,47)/t26-,28+,31?,32?,34?,38-,39+,40+,41-/m0/s1. The van der Waals surface area contributed by atoms with Crippen LogP contribution < -0.4 is 5.32 Å². The molecule has 0 heterocycles. The minimum absolute atomic E-state index is 0.00753. The van der Waals surface area contributed by atoms with Crippen LogP contribution in [0.2, 0.25) is 0 Å². The first-order valence-corrected chi connectivity index (χ1v) is 18.4. The fourth-order valence-electron chi connectivity index (χ4n) is 13.1. The molecule has 2 N–H and O–H groups in total. The van der Waals surface area contributed by atoms with E-state index in [1.165, 1.54) is 17.7 Å². The van der Waals surface area contributed by atoms with Crippen LogP contribution in [0.3, 0.4) is 0 Å². The second kappa shape index (κ2) is 11.8. The van der Waals surface area contributed by atoms with Gasteiger partial charge in [0.1, 0.15) is 17.2 Å². The topological polar surface area (TPSA) is 69.6 Å². The van der Waals surface area contributed by atoms with Crippen LogP contribution in [0.4, 0.5) is 8.78 Å². The highest BCUT2D eigenvalue weighted by molar-refractivity contribution is 5.89. The Morgan fingerprint density at radius 3 is 2.21 bits per heavy atom. The molecule has 264 valence electrons. The van der Waals surface area contributed by atoms with E-state index in [4.69, 9.17) is 0 Å².